The number of carbonyl (C=O) groups excluding carboxylic acids is 1. The molecule has 2 aliphatic carbocycles. The fraction of sp³-hybridized carbons (Fsp3) is 0.588. The average molecular weight is 390 g/mol. The first-order valence-corrected chi connectivity index (χ1v) is 10.2. The van der Waals surface area contributed by atoms with E-state index in [1.807, 2.05) is 0 Å². The van der Waals surface area contributed by atoms with Gasteiger partial charge in [0.1, 0.15) is 0 Å². The standard InChI is InChI=1S/C17H25N3O3S.K/c1-18-9-4-10-24(22,23)20-17(21)19-16-14-7-2-5-12(14)11-13-6-3-8-15(13)16;/h11,18H,2-10H2,1H3,(H2,19,20,21);/q;+1/p-1. The van der Waals surface area contributed by atoms with E-state index in [9.17, 15) is 13.2 Å². The molecule has 0 aromatic heterocycles. The SMILES string of the molecule is CNCCCS(=O)(=O)[N-]C(=O)Nc1c2c(cc3c1CCC3)CCC2.[K+]. The predicted molar refractivity (Wildman–Crippen MR) is 95.2 cm³/mol. The topological polar surface area (TPSA) is 89.4 Å². The van der Waals surface area contributed by atoms with Gasteiger partial charge >= 0.3 is 51.4 Å². The molecule has 132 valence electrons. The minimum atomic E-state index is -3.73. The van der Waals surface area contributed by atoms with E-state index in [-0.39, 0.29) is 57.1 Å². The van der Waals surface area contributed by atoms with Gasteiger partial charge in [-0.2, -0.15) is 0 Å². The van der Waals surface area contributed by atoms with Crippen LogP contribution in [0.2, 0.25) is 0 Å². The third-order valence-electron chi connectivity index (χ3n) is 4.76. The zero-order valence-electron chi connectivity index (χ0n) is 15.0. The first-order chi connectivity index (χ1) is 11.5. The van der Waals surface area contributed by atoms with Crippen molar-refractivity contribution in [2.24, 2.45) is 0 Å². The molecule has 3 rings (SSSR count). The van der Waals surface area contributed by atoms with Crippen molar-refractivity contribution in [2.75, 3.05) is 24.7 Å². The van der Waals surface area contributed by atoms with Crippen molar-refractivity contribution in [2.45, 2.75) is 44.9 Å². The number of hydrogen-bond acceptors (Lipinski definition) is 4. The summed E-state index contributed by atoms with van der Waals surface area (Å²) < 4.78 is 27.3. The van der Waals surface area contributed by atoms with Crippen LogP contribution < -0.4 is 62.0 Å². The van der Waals surface area contributed by atoms with Gasteiger partial charge in [0.15, 0.2) is 16.1 Å². The molecular weight excluding hydrogens is 365 g/mol. The van der Waals surface area contributed by atoms with E-state index in [4.69, 9.17) is 0 Å². The summed E-state index contributed by atoms with van der Waals surface area (Å²) in [6.45, 7) is 0.579. The largest absolute Gasteiger partial charge is 1.00 e. The van der Waals surface area contributed by atoms with Crippen LogP contribution in [0.15, 0.2) is 6.07 Å². The van der Waals surface area contributed by atoms with Gasteiger partial charge in [-0.05, 0) is 86.5 Å². The second-order valence-corrected chi connectivity index (χ2v) is 8.25. The summed E-state index contributed by atoms with van der Waals surface area (Å²) in [4.78, 5) is 12.2. The van der Waals surface area contributed by atoms with Gasteiger partial charge < -0.3 is 15.4 Å². The normalized spacial score (nSPS) is 15.2. The van der Waals surface area contributed by atoms with Crippen LogP contribution in [0.4, 0.5) is 10.5 Å². The maximum Gasteiger partial charge on any atom is 1.00 e. The molecule has 8 heteroatoms. The van der Waals surface area contributed by atoms with Gasteiger partial charge in [-0.25, -0.2) is 8.42 Å². The van der Waals surface area contributed by atoms with Crippen molar-refractivity contribution in [3.63, 3.8) is 0 Å². The van der Waals surface area contributed by atoms with E-state index >= 15 is 0 Å². The molecule has 0 spiro atoms. The van der Waals surface area contributed by atoms with Crippen LogP contribution >= 0.6 is 0 Å². The summed E-state index contributed by atoms with van der Waals surface area (Å²) in [7, 11) is -1.97. The Hall–Kier alpha value is 0.0364. The van der Waals surface area contributed by atoms with Gasteiger partial charge in [0.2, 0.25) is 0 Å². The van der Waals surface area contributed by atoms with Crippen LogP contribution in [-0.2, 0) is 35.7 Å². The fourth-order valence-electron chi connectivity index (χ4n) is 3.70. The van der Waals surface area contributed by atoms with Crippen molar-refractivity contribution in [1.82, 2.24) is 5.32 Å². The van der Waals surface area contributed by atoms with Gasteiger partial charge in [0.25, 0.3) is 0 Å². The number of nitrogens with one attached hydrogen (secondary N) is 2. The number of rotatable bonds is 6. The molecule has 0 unspecified atom stereocenters. The Bertz CT molecular complexity index is 718. The zero-order valence-corrected chi connectivity index (χ0v) is 19.0. The van der Waals surface area contributed by atoms with Gasteiger partial charge in [0, 0.05) is 0 Å². The van der Waals surface area contributed by atoms with Gasteiger partial charge in [0.05, 0.1) is 5.75 Å². The predicted octanol–water partition coefficient (Wildman–Crippen LogP) is -0.487. The van der Waals surface area contributed by atoms with Crippen LogP contribution in [0.25, 0.3) is 4.72 Å². The molecular formula is C17H24KN3O3S. The van der Waals surface area contributed by atoms with Crippen LogP contribution in [0.1, 0.15) is 41.5 Å². The molecule has 0 radical (unpaired) electrons. The third kappa shape index (κ3) is 5.28. The van der Waals surface area contributed by atoms with Gasteiger partial charge in [-0.3, -0.25) is 4.79 Å². The summed E-state index contributed by atoms with van der Waals surface area (Å²) in [5, 5.41) is 5.67. The number of amides is 2. The second kappa shape index (κ2) is 9.30. The Balaban J connectivity index is 0.00000225. The van der Waals surface area contributed by atoms with Crippen LogP contribution in [0, 0.1) is 0 Å². The van der Waals surface area contributed by atoms with E-state index in [2.05, 4.69) is 21.4 Å². The number of carbonyl (C=O) groups is 1. The van der Waals surface area contributed by atoms with Gasteiger partial charge in [-0.1, -0.05) is 6.07 Å². The van der Waals surface area contributed by atoms with Crippen LogP contribution in [-0.4, -0.2) is 33.8 Å². The van der Waals surface area contributed by atoms with Crippen molar-refractivity contribution >= 4 is 21.7 Å². The summed E-state index contributed by atoms with van der Waals surface area (Å²) in [5.74, 6) is -0.119. The third-order valence-corrected chi connectivity index (χ3v) is 6.00. The van der Waals surface area contributed by atoms with Crippen LogP contribution in [0.5, 0.6) is 0 Å². The molecule has 2 amide bonds. The summed E-state index contributed by atoms with van der Waals surface area (Å²) >= 11 is 0. The molecule has 0 heterocycles. The number of hydrogen-bond donors (Lipinski definition) is 2. The van der Waals surface area contributed by atoms with Crippen molar-refractivity contribution in [3.05, 3.63) is 33.0 Å². The summed E-state index contributed by atoms with van der Waals surface area (Å²) in [6.07, 6.45) is 6.54. The molecule has 2 N–H and O–H groups in total. The minimum Gasteiger partial charge on any atom is -0.423 e. The summed E-state index contributed by atoms with van der Waals surface area (Å²) in [6, 6.07) is 1.50. The number of fused-ring (bicyclic) bond motifs is 2. The molecule has 6 nitrogen and oxygen atoms in total. The molecule has 0 aliphatic heterocycles. The molecule has 0 atom stereocenters. The molecule has 25 heavy (non-hydrogen) atoms. The molecule has 0 bridgehead atoms. The zero-order chi connectivity index (χ0) is 17.2. The molecule has 0 fully saturated rings. The molecule has 1 aromatic rings. The van der Waals surface area contributed by atoms with E-state index in [1.54, 1.807) is 7.05 Å². The van der Waals surface area contributed by atoms with E-state index in [1.165, 1.54) is 22.3 Å². The first-order valence-electron chi connectivity index (χ1n) is 8.58. The Morgan fingerprint density at radius 3 is 2.28 bits per heavy atom. The van der Waals surface area contributed by atoms with Crippen molar-refractivity contribution in [3.8, 4) is 0 Å². The Kier molecular flexibility index (Phi) is 7.94. The van der Waals surface area contributed by atoms with Gasteiger partial charge in [-0.15, -0.1) is 0 Å². The van der Waals surface area contributed by atoms with E-state index in [0.29, 0.717) is 13.0 Å². The average Bonchev–Trinajstić information content (AvgIpc) is 3.15. The first kappa shape index (κ1) is 21.3. The fourth-order valence-corrected chi connectivity index (χ4v) is 4.60. The van der Waals surface area contributed by atoms with Crippen LogP contribution in [0.3, 0.4) is 0 Å². The Labute approximate surface area is 192 Å². The second-order valence-electron chi connectivity index (χ2n) is 6.50. The molecule has 1 aromatic carbocycles. The number of aryl methyl sites for hydroxylation is 2. The van der Waals surface area contributed by atoms with E-state index < -0.39 is 16.1 Å². The van der Waals surface area contributed by atoms with Crippen molar-refractivity contribution in [1.29, 1.82) is 0 Å². The minimum absolute atomic E-state index is 0. The Morgan fingerprint density at radius 2 is 1.72 bits per heavy atom. The van der Waals surface area contributed by atoms with Crippen molar-refractivity contribution < 1.29 is 64.6 Å². The number of nitrogens with zero attached hydrogens (tertiary/aromatic N) is 1. The number of benzene rings is 1. The number of sulfonamides is 1. The quantitative estimate of drug-likeness (QED) is 0.508. The molecule has 0 saturated heterocycles. The Morgan fingerprint density at radius 1 is 1.12 bits per heavy atom. The summed E-state index contributed by atoms with van der Waals surface area (Å²) in [5.41, 5.74) is 5.76. The maximum absolute atomic E-state index is 12.2. The number of urea groups is 1. The monoisotopic (exact) mass is 389 g/mol. The van der Waals surface area contributed by atoms with E-state index in [0.717, 1.165) is 44.2 Å². The molecule has 0 saturated carbocycles. The molecule has 2 aliphatic rings. The smallest absolute Gasteiger partial charge is 0.423 e. The number of anilines is 1. The maximum atomic E-state index is 12.2.